The van der Waals surface area contributed by atoms with Gasteiger partial charge in [-0.1, -0.05) is 6.92 Å². The highest BCUT2D eigenvalue weighted by molar-refractivity contribution is 5.79. The van der Waals surface area contributed by atoms with Gasteiger partial charge in [-0.2, -0.15) is 0 Å². The highest BCUT2D eigenvalue weighted by Crippen LogP contribution is 2.30. The molecule has 2 saturated heterocycles. The number of likely N-dealkylation sites (tertiary alicyclic amines) is 1. The van der Waals surface area contributed by atoms with E-state index in [4.69, 9.17) is 0 Å². The van der Waals surface area contributed by atoms with Crippen LogP contribution in [0.4, 0.5) is 0 Å². The Morgan fingerprint density at radius 1 is 1.11 bits per heavy atom. The van der Waals surface area contributed by atoms with Crippen molar-refractivity contribution in [1.29, 1.82) is 0 Å². The molecule has 5 heteroatoms. The van der Waals surface area contributed by atoms with Gasteiger partial charge in [0.25, 0.3) is 0 Å². The number of hydrogen-bond acceptors (Lipinski definition) is 4. The summed E-state index contributed by atoms with van der Waals surface area (Å²) < 4.78 is 0. The van der Waals surface area contributed by atoms with E-state index in [1.54, 1.807) is 0 Å². The van der Waals surface area contributed by atoms with Crippen LogP contribution in [0.3, 0.4) is 0 Å². The van der Waals surface area contributed by atoms with Gasteiger partial charge in [0.15, 0.2) is 0 Å². The largest absolute Gasteiger partial charge is 0.480 e. The fourth-order valence-corrected chi connectivity index (χ4v) is 3.14. The maximum atomic E-state index is 11.8. The van der Waals surface area contributed by atoms with Gasteiger partial charge < -0.3 is 14.9 Å². The number of hydrogen-bond donors (Lipinski definition) is 1. The molecule has 0 atom stereocenters. The molecule has 0 aromatic heterocycles. The Balaban J connectivity index is 2.06. The number of piperazine rings is 1. The lowest BCUT2D eigenvalue weighted by Gasteiger charge is -2.48. The second-order valence-electron chi connectivity index (χ2n) is 5.56. The highest BCUT2D eigenvalue weighted by Gasteiger charge is 2.46. The van der Waals surface area contributed by atoms with Crippen LogP contribution in [0, 0.1) is 0 Å². The normalized spacial score (nSPS) is 27.2. The summed E-state index contributed by atoms with van der Waals surface area (Å²) in [5.41, 5.74) is -0.604. The predicted molar refractivity (Wildman–Crippen MR) is 70.8 cm³/mol. The van der Waals surface area contributed by atoms with Crippen LogP contribution in [0.2, 0.25) is 0 Å². The number of nitrogens with zero attached hydrogens (tertiary/aromatic N) is 3. The summed E-state index contributed by atoms with van der Waals surface area (Å²) >= 11 is 0. The van der Waals surface area contributed by atoms with Gasteiger partial charge in [0.2, 0.25) is 0 Å². The van der Waals surface area contributed by atoms with Gasteiger partial charge in [-0.25, -0.2) is 0 Å². The van der Waals surface area contributed by atoms with E-state index in [0.717, 1.165) is 58.7 Å². The van der Waals surface area contributed by atoms with E-state index in [-0.39, 0.29) is 0 Å². The molecular weight excluding hydrogens is 230 g/mol. The van der Waals surface area contributed by atoms with Crippen molar-refractivity contribution >= 4 is 5.97 Å². The first-order valence-corrected chi connectivity index (χ1v) is 6.98. The summed E-state index contributed by atoms with van der Waals surface area (Å²) in [5, 5.41) is 9.69. The third-order valence-corrected chi connectivity index (χ3v) is 4.64. The molecule has 0 spiro atoms. The van der Waals surface area contributed by atoms with Crippen molar-refractivity contribution in [2.45, 2.75) is 25.3 Å². The Kier molecular flexibility index (Phi) is 4.25. The van der Waals surface area contributed by atoms with Gasteiger partial charge in [-0.3, -0.25) is 9.69 Å². The molecule has 2 aliphatic rings. The molecule has 0 saturated carbocycles. The Bertz CT molecular complexity index is 293. The molecule has 2 heterocycles. The predicted octanol–water partition coefficient (Wildman–Crippen LogP) is 0.173. The molecule has 1 N–H and O–H groups in total. The topological polar surface area (TPSA) is 47.0 Å². The summed E-state index contributed by atoms with van der Waals surface area (Å²) in [4.78, 5) is 18.6. The first kappa shape index (κ1) is 13.8. The van der Waals surface area contributed by atoms with Crippen LogP contribution in [0.5, 0.6) is 0 Å². The van der Waals surface area contributed by atoms with Crippen LogP contribution in [-0.4, -0.2) is 84.2 Å². The van der Waals surface area contributed by atoms with E-state index < -0.39 is 11.5 Å². The maximum absolute atomic E-state index is 11.8. The molecule has 2 aliphatic heterocycles. The first-order chi connectivity index (χ1) is 8.58. The lowest BCUT2D eigenvalue weighted by atomic mass is 9.85. The number of carboxylic acids is 1. The molecule has 0 aromatic carbocycles. The minimum absolute atomic E-state index is 0.604. The second kappa shape index (κ2) is 5.55. The van der Waals surface area contributed by atoms with Crippen LogP contribution in [0.1, 0.15) is 19.8 Å². The fraction of sp³-hybridized carbons (Fsp3) is 0.923. The van der Waals surface area contributed by atoms with Gasteiger partial charge in [0, 0.05) is 39.3 Å². The number of carboxylic acid groups (broad SMARTS) is 1. The third-order valence-electron chi connectivity index (χ3n) is 4.64. The molecule has 0 aromatic rings. The zero-order valence-electron chi connectivity index (χ0n) is 11.6. The summed E-state index contributed by atoms with van der Waals surface area (Å²) in [7, 11) is 2.10. The summed E-state index contributed by atoms with van der Waals surface area (Å²) in [6.07, 6.45) is 1.53. The molecule has 0 unspecified atom stereocenters. The van der Waals surface area contributed by atoms with Crippen molar-refractivity contribution in [2.75, 3.05) is 52.9 Å². The fourth-order valence-electron chi connectivity index (χ4n) is 3.14. The summed E-state index contributed by atoms with van der Waals surface area (Å²) in [6, 6.07) is 0. The van der Waals surface area contributed by atoms with E-state index in [1.807, 2.05) is 0 Å². The van der Waals surface area contributed by atoms with E-state index in [2.05, 4.69) is 28.7 Å². The number of piperidine rings is 1. The van der Waals surface area contributed by atoms with Crippen molar-refractivity contribution in [2.24, 2.45) is 0 Å². The Hall–Kier alpha value is -0.650. The summed E-state index contributed by atoms with van der Waals surface area (Å²) in [6.45, 7) is 8.72. The monoisotopic (exact) mass is 255 g/mol. The smallest absolute Gasteiger partial charge is 0.324 e. The first-order valence-electron chi connectivity index (χ1n) is 6.98. The van der Waals surface area contributed by atoms with Gasteiger partial charge in [0.05, 0.1) is 0 Å². The molecule has 2 fully saturated rings. The van der Waals surface area contributed by atoms with Crippen LogP contribution in [-0.2, 0) is 4.79 Å². The number of aliphatic carboxylic acids is 1. The molecule has 104 valence electrons. The van der Waals surface area contributed by atoms with E-state index in [9.17, 15) is 9.90 Å². The zero-order chi connectivity index (χ0) is 13.2. The number of rotatable bonds is 3. The molecule has 0 bridgehead atoms. The molecule has 0 amide bonds. The van der Waals surface area contributed by atoms with Crippen molar-refractivity contribution < 1.29 is 9.90 Å². The Labute approximate surface area is 109 Å². The highest BCUT2D eigenvalue weighted by atomic mass is 16.4. The lowest BCUT2D eigenvalue weighted by molar-refractivity contribution is -0.157. The average molecular weight is 255 g/mol. The third kappa shape index (κ3) is 2.53. The minimum Gasteiger partial charge on any atom is -0.480 e. The van der Waals surface area contributed by atoms with Gasteiger partial charge in [0.1, 0.15) is 5.54 Å². The van der Waals surface area contributed by atoms with Crippen LogP contribution in [0.25, 0.3) is 0 Å². The Morgan fingerprint density at radius 3 is 2.11 bits per heavy atom. The summed E-state index contributed by atoms with van der Waals surface area (Å²) in [5.74, 6) is -0.622. The van der Waals surface area contributed by atoms with E-state index in [0.29, 0.717) is 0 Å². The van der Waals surface area contributed by atoms with Crippen molar-refractivity contribution in [3.8, 4) is 0 Å². The second-order valence-corrected chi connectivity index (χ2v) is 5.56. The quantitative estimate of drug-likeness (QED) is 0.779. The minimum atomic E-state index is -0.622. The van der Waals surface area contributed by atoms with Crippen molar-refractivity contribution in [1.82, 2.24) is 14.7 Å². The standard InChI is InChI=1S/C13H25N3O2/c1-3-15-6-4-13(5-7-15,12(17)18)16-10-8-14(2)9-11-16/h3-11H2,1-2H3,(H,17,18). The van der Waals surface area contributed by atoms with E-state index in [1.165, 1.54) is 0 Å². The number of likely N-dealkylation sites (N-methyl/N-ethyl adjacent to an activating group) is 1. The van der Waals surface area contributed by atoms with Crippen molar-refractivity contribution in [3.05, 3.63) is 0 Å². The van der Waals surface area contributed by atoms with Gasteiger partial charge in [-0.15, -0.1) is 0 Å². The van der Waals surface area contributed by atoms with E-state index >= 15 is 0 Å². The molecular formula is C13H25N3O2. The lowest BCUT2D eigenvalue weighted by Crippen LogP contribution is -2.63. The molecule has 2 rings (SSSR count). The van der Waals surface area contributed by atoms with Crippen LogP contribution in [0.15, 0.2) is 0 Å². The van der Waals surface area contributed by atoms with Gasteiger partial charge >= 0.3 is 5.97 Å². The zero-order valence-corrected chi connectivity index (χ0v) is 11.6. The molecule has 0 radical (unpaired) electrons. The molecule has 0 aliphatic carbocycles. The number of carbonyl (C=O) groups is 1. The maximum Gasteiger partial charge on any atom is 0.324 e. The molecule has 5 nitrogen and oxygen atoms in total. The molecule has 18 heavy (non-hydrogen) atoms. The van der Waals surface area contributed by atoms with Crippen LogP contribution >= 0.6 is 0 Å². The van der Waals surface area contributed by atoms with Gasteiger partial charge in [-0.05, 0) is 26.4 Å². The van der Waals surface area contributed by atoms with Crippen LogP contribution < -0.4 is 0 Å². The van der Waals surface area contributed by atoms with Crippen molar-refractivity contribution in [3.63, 3.8) is 0 Å². The average Bonchev–Trinajstić information content (AvgIpc) is 2.39. The Morgan fingerprint density at radius 2 is 1.67 bits per heavy atom. The SMILES string of the molecule is CCN1CCC(C(=O)O)(N2CCN(C)CC2)CC1.